The molecule has 0 aromatic carbocycles. The zero-order valence-electron chi connectivity index (χ0n) is 2.04. The number of hydrogen-bond acceptors (Lipinski definition) is 0. The van der Waals surface area contributed by atoms with Gasteiger partial charge in [0.2, 0.25) is 0 Å². The van der Waals surface area contributed by atoms with E-state index < -0.39 is 0 Å². The lowest BCUT2D eigenvalue weighted by Crippen LogP contribution is 0.688. The molecule has 0 rings (SSSR count). The van der Waals surface area contributed by atoms with Crippen molar-refractivity contribution < 1.29 is 0 Å². The normalized spacial score (nSPS) is 0. The predicted molar refractivity (Wildman–Crippen MR) is 36.2 cm³/mol. The molecule has 0 aliphatic rings. The van der Waals surface area contributed by atoms with Gasteiger partial charge < -0.3 is 0 Å². The standard InChI is InChI=1S/5ClH/h5*1H. The van der Waals surface area contributed by atoms with Crippen LogP contribution in [0.4, 0.5) is 0 Å². The molecule has 0 N–H and O–H groups in total. The number of hydrogen-bond donors (Lipinski definition) is 0. The molecule has 0 aromatic rings. The Labute approximate surface area is 62.1 Å². The van der Waals surface area contributed by atoms with Crippen LogP contribution in [0.1, 0.15) is 0 Å². The Balaban J connectivity index is 0. The molecule has 0 amide bonds. The highest BCUT2D eigenvalue weighted by Gasteiger charge is -0.143. The second-order valence-corrected chi connectivity index (χ2v) is 0. The van der Waals surface area contributed by atoms with Gasteiger partial charge in [0, 0.05) is 0 Å². The molecule has 0 unspecified atom stereocenters. The van der Waals surface area contributed by atoms with Crippen molar-refractivity contribution in [3.8, 4) is 0 Å². The zero-order valence-corrected chi connectivity index (χ0v) is 6.12. The van der Waals surface area contributed by atoms with Crippen molar-refractivity contribution in [3.05, 3.63) is 0 Å². The van der Waals surface area contributed by atoms with Gasteiger partial charge in [0.1, 0.15) is 0 Å². The number of rotatable bonds is 0. The Kier molecular flexibility index (Phi) is 935. The predicted octanol–water partition coefficient (Wildman–Crippen LogP) is 2.11. The van der Waals surface area contributed by atoms with E-state index in [1.165, 1.54) is 0 Å². The fraction of sp³-hybridized carbons (Fsp3) is 0. The van der Waals surface area contributed by atoms with Crippen LogP contribution in [0.3, 0.4) is 0 Å². The van der Waals surface area contributed by atoms with E-state index >= 15 is 0 Å². The first-order valence-electron chi connectivity index (χ1n) is 0. The minimum atomic E-state index is 0. The monoisotopic (exact) mass is 180 g/mol. The van der Waals surface area contributed by atoms with Crippen LogP contribution in [0.15, 0.2) is 0 Å². The molecular formula is H5Cl5. The van der Waals surface area contributed by atoms with E-state index in [-0.39, 0.29) is 62.0 Å². The van der Waals surface area contributed by atoms with Gasteiger partial charge in [-0.1, -0.05) is 0 Å². The maximum Gasteiger partial charge on any atom is -0.147 e. The van der Waals surface area contributed by atoms with Crippen molar-refractivity contribution in [2.24, 2.45) is 0 Å². The van der Waals surface area contributed by atoms with Crippen LogP contribution in [0.25, 0.3) is 0 Å². The molecule has 5 heteroatoms. The summed E-state index contributed by atoms with van der Waals surface area (Å²) in [5.74, 6) is 0. The summed E-state index contributed by atoms with van der Waals surface area (Å²) >= 11 is 0. The lowest BCUT2D eigenvalue weighted by atomic mass is 35.5. The molecule has 0 nitrogen and oxygen atoms in total. The minimum absolute atomic E-state index is 0. The third-order valence-corrected chi connectivity index (χ3v) is 0. The van der Waals surface area contributed by atoms with Crippen LogP contribution in [-0.4, -0.2) is 0 Å². The lowest BCUT2D eigenvalue weighted by Gasteiger charge is -0.148. The maximum absolute atomic E-state index is 0. The maximum atomic E-state index is 0. The van der Waals surface area contributed by atoms with Crippen LogP contribution in [-0.2, 0) is 0 Å². The molecule has 0 saturated carbocycles. The summed E-state index contributed by atoms with van der Waals surface area (Å²) in [5, 5.41) is 0. The summed E-state index contributed by atoms with van der Waals surface area (Å²) in [7, 11) is 0. The average Bonchev–Trinajstić information content (AvgIpc) is 0. The van der Waals surface area contributed by atoms with Gasteiger partial charge in [-0.2, -0.15) is 0 Å². The SMILES string of the molecule is Cl.Cl.Cl.Cl.Cl. The van der Waals surface area contributed by atoms with Gasteiger partial charge in [-0.05, 0) is 0 Å². The van der Waals surface area contributed by atoms with E-state index in [2.05, 4.69) is 0 Å². The molecule has 0 aliphatic heterocycles. The molecule has 0 atom stereocenters. The molecular weight excluding hydrogens is 177 g/mol. The summed E-state index contributed by atoms with van der Waals surface area (Å²) in [6.07, 6.45) is 0. The first-order valence-corrected chi connectivity index (χ1v) is 0. The molecule has 0 fully saturated rings. The quantitative estimate of drug-likeness (QED) is 0.538. The van der Waals surface area contributed by atoms with Gasteiger partial charge in [-0.3, -0.25) is 0 Å². The molecule has 40 valence electrons. The third-order valence-electron chi connectivity index (χ3n) is 0. The zero-order chi connectivity index (χ0) is 0. The molecule has 0 saturated heterocycles. The van der Waals surface area contributed by atoms with Gasteiger partial charge in [0.25, 0.3) is 0 Å². The van der Waals surface area contributed by atoms with Crippen LogP contribution in [0.2, 0.25) is 0 Å². The second-order valence-electron chi connectivity index (χ2n) is 0. The molecule has 0 spiro atoms. The highest BCUT2D eigenvalue weighted by Crippen LogP contribution is 0.693. The van der Waals surface area contributed by atoms with E-state index in [1.54, 1.807) is 0 Å². The minimum Gasteiger partial charge on any atom is -0.147 e. The van der Waals surface area contributed by atoms with Crippen molar-refractivity contribution in [1.29, 1.82) is 0 Å². The van der Waals surface area contributed by atoms with Crippen molar-refractivity contribution in [3.63, 3.8) is 0 Å². The largest absolute Gasteiger partial charge is 0.147 e. The van der Waals surface area contributed by atoms with Crippen LogP contribution in [0.5, 0.6) is 0 Å². The fourth-order valence-electron chi connectivity index (χ4n) is 0. The van der Waals surface area contributed by atoms with Crippen molar-refractivity contribution in [1.82, 2.24) is 0 Å². The summed E-state index contributed by atoms with van der Waals surface area (Å²) in [6, 6.07) is 0. The fourth-order valence-corrected chi connectivity index (χ4v) is 0. The van der Waals surface area contributed by atoms with Crippen molar-refractivity contribution in [2.75, 3.05) is 0 Å². The van der Waals surface area contributed by atoms with Gasteiger partial charge in [0.05, 0.1) is 0 Å². The van der Waals surface area contributed by atoms with Crippen LogP contribution < -0.4 is 0 Å². The molecule has 0 aromatic heterocycles. The van der Waals surface area contributed by atoms with E-state index in [0.717, 1.165) is 0 Å². The van der Waals surface area contributed by atoms with E-state index in [4.69, 9.17) is 0 Å². The second kappa shape index (κ2) is 51.3. The first kappa shape index (κ1) is 91.1. The van der Waals surface area contributed by atoms with E-state index in [9.17, 15) is 0 Å². The van der Waals surface area contributed by atoms with Gasteiger partial charge in [-0.25, -0.2) is 0 Å². The Hall–Kier alpha value is 1.45. The van der Waals surface area contributed by atoms with Crippen LogP contribution in [0, 0.1) is 0 Å². The van der Waals surface area contributed by atoms with Crippen LogP contribution >= 0.6 is 62.0 Å². The summed E-state index contributed by atoms with van der Waals surface area (Å²) in [4.78, 5) is 0. The highest BCUT2D eigenvalue weighted by atomic mass is 35.5. The van der Waals surface area contributed by atoms with Gasteiger partial charge >= 0.3 is 0 Å². The van der Waals surface area contributed by atoms with E-state index in [1.807, 2.05) is 0 Å². The molecule has 0 heterocycles. The summed E-state index contributed by atoms with van der Waals surface area (Å²) in [5.41, 5.74) is 0. The van der Waals surface area contributed by atoms with Crippen molar-refractivity contribution in [2.45, 2.75) is 0 Å². The third kappa shape index (κ3) is 30.9. The number of halogens is 5. The molecule has 5 heavy (non-hydrogen) atoms. The summed E-state index contributed by atoms with van der Waals surface area (Å²) < 4.78 is 0. The molecule has 0 bridgehead atoms. The Morgan fingerprint density at radius 3 is 0.200 bits per heavy atom. The van der Waals surface area contributed by atoms with E-state index in [0.29, 0.717) is 0 Å². The average molecular weight is 182 g/mol. The summed E-state index contributed by atoms with van der Waals surface area (Å²) in [6.45, 7) is 0. The highest BCUT2D eigenvalue weighted by molar-refractivity contribution is 5.86. The Morgan fingerprint density at radius 2 is 0.200 bits per heavy atom. The first-order chi connectivity index (χ1) is 0. The van der Waals surface area contributed by atoms with Gasteiger partial charge in [0.15, 0.2) is 0 Å². The lowest BCUT2D eigenvalue weighted by molar-refractivity contribution is 5.85. The smallest absolute Gasteiger partial charge is 0.147 e. The topological polar surface area (TPSA) is 0 Å². The molecule has 0 aliphatic carbocycles. The van der Waals surface area contributed by atoms with Crippen molar-refractivity contribution >= 4 is 62.0 Å². The Bertz CT molecular complexity index is 0. The van der Waals surface area contributed by atoms with Gasteiger partial charge in [-0.15, -0.1) is 62.0 Å². The Morgan fingerprint density at radius 1 is 0.200 bits per heavy atom. The molecule has 0 radical (unpaired) electrons.